The molecule has 0 radical (unpaired) electrons. The maximum Gasteiger partial charge on any atom is 0.135 e. The Balaban J connectivity index is 1.92. The summed E-state index contributed by atoms with van der Waals surface area (Å²) >= 11 is 1.82. The number of carbonyl (C=O) groups is 1. The van der Waals surface area contributed by atoms with Crippen molar-refractivity contribution in [3.8, 4) is 0 Å². The molecule has 1 aliphatic heterocycles. The Labute approximate surface area is 88.5 Å². The normalized spacial score (nSPS) is 18.8. The van der Waals surface area contributed by atoms with Crippen LogP contribution in [0.3, 0.4) is 0 Å². The second-order valence-corrected chi connectivity index (χ2v) is 4.84. The van der Waals surface area contributed by atoms with Crippen LogP contribution in [0, 0.1) is 6.92 Å². The SMILES string of the molecule is Cc1ccsc1CN1CCC(=O)CC1. The molecule has 3 heteroatoms. The number of ketones is 1. The fourth-order valence-electron chi connectivity index (χ4n) is 1.73. The van der Waals surface area contributed by atoms with Crippen LogP contribution in [0.1, 0.15) is 23.3 Å². The van der Waals surface area contributed by atoms with Gasteiger partial charge in [-0.3, -0.25) is 9.69 Å². The van der Waals surface area contributed by atoms with E-state index in [9.17, 15) is 4.79 Å². The molecule has 14 heavy (non-hydrogen) atoms. The highest BCUT2D eigenvalue weighted by Crippen LogP contribution is 2.19. The van der Waals surface area contributed by atoms with Crippen molar-refractivity contribution in [2.75, 3.05) is 13.1 Å². The van der Waals surface area contributed by atoms with Gasteiger partial charge in [0.05, 0.1) is 0 Å². The number of nitrogens with zero attached hydrogens (tertiary/aromatic N) is 1. The average Bonchev–Trinajstić information content (AvgIpc) is 2.56. The molecule has 1 aromatic heterocycles. The highest BCUT2D eigenvalue weighted by atomic mass is 32.1. The van der Waals surface area contributed by atoms with Crippen LogP contribution in [0.4, 0.5) is 0 Å². The Morgan fingerprint density at radius 1 is 1.43 bits per heavy atom. The summed E-state index contributed by atoms with van der Waals surface area (Å²) in [5.74, 6) is 0.421. The van der Waals surface area contributed by atoms with Gasteiger partial charge in [-0.1, -0.05) is 0 Å². The zero-order chi connectivity index (χ0) is 9.97. The van der Waals surface area contributed by atoms with E-state index in [0.29, 0.717) is 5.78 Å². The quantitative estimate of drug-likeness (QED) is 0.744. The van der Waals surface area contributed by atoms with Gasteiger partial charge in [-0.05, 0) is 23.9 Å². The number of Topliss-reactive ketones (excluding diaryl/α,β-unsaturated/α-hetero) is 1. The Morgan fingerprint density at radius 3 is 2.71 bits per heavy atom. The van der Waals surface area contributed by atoms with Crippen molar-refractivity contribution in [1.29, 1.82) is 0 Å². The molecule has 1 aliphatic rings. The van der Waals surface area contributed by atoms with Crippen molar-refractivity contribution in [3.05, 3.63) is 21.9 Å². The van der Waals surface area contributed by atoms with Gasteiger partial charge in [0.2, 0.25) is 0 Å². The van der Waals surface area contributed by atoms with Gasteiger partial charge in [0, 0.05) is 37.4 Å². The lowest BCUT2D eigenvalue weighted by Crippen LogP contribution is -2.33. The topological polar surface area (TPSA) is 20.3 Å². The van der Waals surface area contributed by atoms with Gasteiger partial charge in [-0.15, -0.1) is 11.3 Å². The summed E-state index contributed by atoms with van der Waals surface area (Å²) in [5, 5.41) is 2.14. The molecule has 1 saturated heterocycles. The summed E-state index contributed by atoms with van der Waals surface area (Å²) in [5.41, 5.74) is 1.38. The number of carbonyl (C=O) groups excluding carboxylic acids is 1. The van der Waals surface area contributed by atoms with Crippen LogP contribution < -0.4 is 0 Å². The first-order chi connectivity index (χ1) is 6.75. The third kappa shape index (κ3) is 2.22. The molecule has 2 nitrogen and oxygen atoms in total. The van der Waals surface area contributed by atoms with Crippen molar-refractivity contribution in [3.63, 3.8) is 0 Å². The minimum Gasteiger partial charge on any atom is -0.300 e. The minimum absolute atomic E-state index is 0.421. The van der Waals surface area contributed by atoms with E-state index < -0.39 is 0 Å². The number of piperidine rings is 1. The van der Waals surface area contributed by atoms with E-state index in [4.69, 9.17) is 0 Å². The van der Waals surface area contributed by atoms with Crippen molar-refractivity contribution in [2.45, 2.75) is 26.3 Å². The molecule has 0 atom stereocenters. The summed E-state index contributed by atoms with van der Waals surface area (Å²) in [6, 6.07) is 2.16. The molecule has 1 aromatic rings. The third-order valence-corrected chi connectivity index (χ3v) is 3.76. The summed E-state index contributed by atoms with van der Waals surface area (Å²) in [4.78, 5) is 14.9. The fourth-order valence-corrected chi connectivity index (χ4v) is 2.68. The number of aryl methyl sites for hydroxylation is 1. The average molecular weight is 209 g/mol. The number of hydrogen-bond acceptors (Lipinski definition) is 3. The van der Waals surface area contributed by atoms with Crippen molar-refractivity contribution in [2.24, 2.45) is 0 Å². The first-order valence-corrected chi connectivity index (χ1v) is 5.90. The zero-order valence-corrected chi connectivity index (χ0v) is 9.27. The molecule has 0 bridgehead atoms. The van der Waals surface area contributed by atoms with Gasteiger partial charge < -0.3 is 0 Å². The maximum absolute atomic E-state index is 11.1. The number of hydrogen-bond donors (Lipinski definition) is 0. The highest BCUT2D eigenvalue weighted by Gasteiger charge is 2.16. The lowest BCUT2D eigenvalue weighted by atomic mass is 10.1. The van der Waals surface area contributed by atoms with Crippen molar-refractivity contribution >= 4 is 17.1 Å². The van der Waals surface area contributed by atoms with Crippen LogP contribution in [-0.2, 0) is 11.3 Å². The predicted octanol–water partition coefficient (Wildman–Crippen LogP) is 2.22. The van der Waals surface area contributed by atoms with Crippen LogP contribution in [-0.4, -0.2) is 23.8 Å². The van der Waals surface area contributed by atoms with E-state index in [0.717, 1.165) is 32.5 Å². The summed E-state index contributed by atoms with van der Waals surface area (Å²) < 4.78 is 0. The first-order valence-electron chi connectivity index (χ1n) is 5.03. The van der Waals surface area contributed by atoms with Gasteiger partial charge in [0.15, 0.2) is 0 Å². The molecule has 0 saturated carbocycles. The molecule has 2 heterocycles. The molecule has 76 valence electrons. The van der Waals surface area contributed by atoms with E-state index in [1.54, 1.807) is 0 Å². The van der Waals surface area contributed by atoms with Crippen molar-refractivity contribution < 1.29 is 4.79 Å². The lowest BCUT2D eigenvalue weighted by Gasteiger charge is -2.25. The Kier molecular flexibility index (Phi) is 2.99. The van der Waals surface area contributed by atoms with Gasteiger partial charge in [0.25, 0.3) is 0 Å². The van der Waals surface area contributed by atoms with Crippen LogP contribution >= 0.6 is 11.3 Å². The summed E-state index contributed by atoms with van der Waals surface area (Å²) in [6.45, 7) is 5.06. The Bertz CT molecular complexity index is 322. The number of rotatable bonds is 2. The smallest absolute Gasteiger partial charge is 0.135 e. The molecule has 0 amide bonds. The Hall–Kier alpha value is -0.670. The second kappa shape index (κ2) is 4.24. The molecular formula is C11H15NOS. The molecular weight excluding hydrogens is 194 g/mol. The summed E-state index contributed by atoms with van der Waals surface area (Å²) in [6.07, 6.45) is 1.48. The molecule has 0 aliphatic carbocycles. The van der Waals surface area contributed by atoms with Crippen LogP contribution in [0.2, 0.25) is 0 Å². The number of thiophene rings is 1. The highest BCUT2D eigenvalue weighted by molar-refractivity contribution is 7.10. The van der Waals surface area contributed by atoms with Gasteiger partial charge in [-0.25, -0.2) is 0 Å². The molecule has 0 unspecified atom stereocenters. The Morgan fingerprint density at radius 2 is 2.14 bits per heavy atom. The summed E-state index contributed by atoms with van der Waals surface area (Å²) in [7, 11) is 0. The molecule has 0 spiro atoms. The largest absolute Gasteiger partial charge is 0.300 e. The standard InChI is InChI=1S/C11H15NOS/c1-9-4-7-14-11(9)8-12-5-2-10(13)3-6-12/h4,7H,2-3,5-6,8H2,1H3. The van der Waals surface area contributed by atoms with Crippen LogP contribution in [0.5, 0.6) is 0 Å². The van der Waals surface area contributed by atoms with E-state index in [-0.39, 0.29) is 0 Å². The van der Waals surface area contributed by atoms with E-state index >= 15 is 0 Å². The minimum atomic E-state index is 0.421. The van der Waals surface area contributed by atoms with Crippen LogP contribution in [0.25, 0.3) is 0 Å². The fraction of sp³-hybridized carbons (Fsp3) is 0.545. The van der Waals surface area contributed by atoms with Gasteiger partial charge >= 0.3 is 0 Å². The van der Waals surface area contributed by atoms with Crippen LogP contribution in [0.15, 0.2) is 11.4 Å². The number of likely N-dealkylation sites (tertiary alicyclic amines) is 1. The molecule has 2 rings (SSSR count). The lowest BCUT2D eigenvalue weighted by molar-refractivity contribution is -0.121. The molecule has 1 fully saturated rings. The molecule has 0 aromatic carbocycles. The maximum atomic E-state index is 11.1. The second-order valence-electron chi connectivity index (χ2n) is 3.84. The van der Waals surface area contributed by atoms with Crippen molar-refractivity contribution in [1.82, 2.24) is 4.90 Å². The van der Waals surface area contributed by atoms with E-state index in [1.165, 1.54) is 10.4 Å². The van der Waals surface area contributed by atoms with E-state index in [1.807, 2.05) is 11.3 Å². The van der Waals surface area contributed by atoms with Gasteiger partial charge in [-0.2, -0.15) is 0 Å². The first kappa shape index (κ1) is 9.87. The molecule has 0 N–H and O–H groups in total. The zero-order valence-electron chi connectivity index (χ0n) is 8.45. The van der Waals surface area contributed by atoms with Gasteiger partial charge in [0.1, 0.15) is 5.78 Å². The monoisotopic (exact) mass is 209 g/mol. The van der Waals surface area contributed by atoms with E-state index in [2.05, 4.69) is 23.3 Å². The predicted molar refractivity (Wildman–Crippen MR) is 58.6 cm³/mol. The third-order valence-electron chi connectivity index (χ3n) is 2.75.